The number of aromatic carboxylic acids is 1. The predicted molar refractivity (Wildman–Crippen MR) is 77.1 cm³/mol. The van der Waals surface area contributed by atoms with Crippen molar-refractivity contribution in [2.24, 2.45) is 5.92 Å². The van der Waals surface area contributed by atoms with Crippen LogP contribution in [0.4, 0.5) is 0 Å². The third kappa shape index (κ3) is 3.54. The Bertz CT molecular complexity index is 550. The van der Waals surface area contributed by atoms with Crippen molar-refractivity contribution >= 4 is 11.9 Å². The van der Waals surface area contributed by atoms with Crippen LogP contribution < -0.4 is 4.74 Å². The minimum Gasteiger partial charge on any atom is -0.478 e. The van der Waals surface area contributed by atoms with Gasteiger partial charge in [0.2, 0.25) is 0 Å². The molecule has 21 heavy (non-hydrogen) atoms. The molecule has 5 heteroatoms. The van der Waals surface area contributed by atoms with Gasteiger partial charge < -0.3 is 14.6 Å². The highest BCUT2D eigenvalue weighted by atomic mass is 16.6. The van der Waals surface area contributed by atoms with Gasteiger partial charge in [0.25, 0.3) is 0 Å². The number of carbonyl (C=O) groups excluding carboxylic acids is 1. The van der Waals surface area contributed by atoms with Gasteiger partial charge in [0.05, 0.1) is 12.2 Å². The Morgan fingerprint density at radius 2 is 2.10 bits per heavy atom. The number of benzene rings is 1. The Morgan fingerprint density at radius 3 is 2.71 bits per heavy atom. The average molecular weight is 292 g/mol. The van der Waals surface area contributed by atoms with Crippen molar-refractivity contribution < 1.29 is 24.2 Å². The molecule has 0 bridgehead atoms. The molecule has 1 heterocycles. The number of carboxylic acids is 1. The molecule has 0 saturated carbocycles. The van der Waals surface area contributed by atoms with Crippen LogP contribution >= 0.6 is 0 Å². The number of carboxylic acid groups (broad SMARTS) is 1. The molecule has 1 atom stereocenters. The summed E-state index contributed by atoms with van der Waals surface area (Å²) in [5, 5.41) is 9.18. The van der Waals surface area contributed by atoms with Gasteiger partial charge >= 0.3 is 11.9 Å². The molecule has 1 aliphatic rings. The van der Waals surface area contributed by atoms with Crippen LogP contribution in [0.1, 0.15) is 60.2 Å². The molecule has 0 fully saturated rings. The highest BCUT2D eigenvalue weighted by Crippen LogP contribution is 2.49. The minimum absolute atomic E-state index is 0.0593. The normalized spacial score (nSPS) is 13.0. The molecule has 0 amide bonds. The zero-order chi connectivity index (χ0) is 15.4. The molecule has 0 aromatic heterocycles. The molecular formula is C16H20O5. The highest BCUT2D eigenvalue weighted by Gasteiger charge is 2.33. The Labute approximate surface area is 123 Å². The van der Waals surface area contributed by atoms with Gasteiger partial charge in [0.15, 0.2) is 11.5 Å². The van der Waals surface area contributed by atoms with Gasteiger partial charge in [-0.25, -0.2) is 9.59 Å². The first-order valence-electron chi connectivity index (χ1n) is 7.33. The van der Waals surface area contributed by atoms with E-state index in [1.54, 1.807) is 6.07 Å². The van der Waals surface area contributed by atoms with Crippen LogP contribution in [0, 0.1) is 5.92 Å². The summed E-state index contributed by atoms with van der Waals surface area (Å²) < 4.78 is 10.3. The average Bonchev–Trinajstić information content (AvgIpc) is 3.25. The predicted octanol–water partition coefficient (Wildman–Crippen LogP) is 3.86. The van der Waals surface area contributed by atoms with Crippen molar-refractivity contribution in [2.45, 2.75) is 39.5 Å². The van der Waals surface area contributed by atoms with Gasteiger partial charge in [-0.05, 0) is 24.5 Å². The molecule has 2 rings (SSSR count). The van der Waals surface area contributed by atoms with Gasteiger partial charge in [-0.3, -0.25) is 0 Å². The molecular weight excluding hydrogens is 272 g/mol. The van der Waals surface area contributed by atoms with E-state index in [1.165, 1.54) is 6.07 Å². The maximum absolute atomic E-state index is 12.1. The Balaban J connectivity index is 2.01. The SMILES string of the molecule is CCCCC(CC)COC(=O)c1ccc2c(c1C(=O)O)O2. The lowest BCUT2D eigenvalue weighted by molar-refractivity contribution is 0.0420. The number of fused-ring (bicyclic) bond motifs is 1. The van der Waals surface area contributed by atoms with E-state index >= 15 is 0 Å². The third-order valence-electron chi connectivity index (χ3n) is 3.72. The molecule has 1 aliphatic heterocycles. The molecule has 0 saturated heterocycles. The third-order valence-corrected chi connectivity index (χ3v) is 3.72. The second-order valence-electron chi connectivity index (χ2n) is 5.24. The lowest BCUT2D eigenvalue weighted by atomic mass is 10.0. The van der Waals surface area contributed by atoms with Crippen LogP contribution in [-0.4, -0.2) is 23.7 Å². The van der Waals surface area contributed by atoms with Crippen molar-refractivity contribution in [3.8, 4) is 11.5 Å². The van der Waals surface area contributed by atoms with Crippen LogP contribution in [0.25, 0.3) is 0 Å². The van der Waals surface area contributed by atoms with Crippen LogP contribution in [0.2, 0.25) is 0 Å². The monoisotopic (exact) mass is 292 g/mol. The summed E-state index contributed by atoms with van der Waals surface area (Å²) in [7, 11) is 0. The largest absolute Gasteiger partial charge is 0.478 e. The fraction of sp³-hybridized carbons (Fsp3) is 0.500. The fourth-order valence-electron chi connectivity index (χ4n) is 2.28. The van der Waals surface area contributed by atoms with Crippen molar-refractivity contribution in [1.29, 1.82) is 0 Å². The van der Waals surface area contributed by atoms with Gasteiger partial charge in [-0.2, -0.15) is 0 Å². The second-order valence-corrected chi connectivity index (χ2v) is 5.24. The first kappa shape index (κ1) is 15.4. The summed E-state index contributed by atoms with van der Waals surface area (Å²) in [6, 6.07) is 3.04. The number of hydrogen-bond acceptors (Lipinski definition) is 4. The van der Waals surface area contributed by atoms with E-state index in [-0.39, 0.29) is 16.9 Å². The quantitative estimate of drug-likeness (QED) is 0.590. The molecule has 1 aromatic carbocycles. The first-order valence-corrected chi connectivity index (χ1v) is 7.33. The summed E-state index contributed by atoms with van der Waals surface area (Å²) in [6.45, 7) is 4.51. The van der Waals surface area contributed by atoms with E-state index in [9.17, 15) is 14.7 Å². The molecule has 114 valence electrons. The Morgan fingerprint density at radius 1 is 1.33 bits per heavy atom. The molecule has 0 spiro atoms. The molecule has 1 aromatic rings. The van der Waals surface area contributed by atoms with E-state index < -0.39 is 11.9 Å². The minimum atomic E-state index is -1.17. The number of ether oxygens (including phenoxy) is 2. The summed E-state index contributed by atoms with van der Waals surface area (Å²) in [5.41, 5.74) is -0.0387. The molecule has 1 N–H and O–H groups in total. The fourth-order valence-corrected chi connectivity index (χ4v) is 2.28. The van der Waals surface area contributed by atoms with Crippen molar-refractivity contribution in [1.82, 2.24) is 0 Å². The number of carbonyl (C=O) groups is 2. The standard InChI is InChI=1S/C16H20O5/c1-3-5-6-10(4-2)9-20-16(19)11-7-8-12-14(21-12)13(11)15(17)18/h7-8,10H,3-6,9H2,1-2H3,(H,17,18). The van der Waals surface area contributed by atoms with Gasteiger partial charge in [0.1, 0.15) is 5.56 Å². The van der Waals surface area contributed by atoms with E-state index in [0.717, 1.165) is 25.7 Å². The number of unbranched alkanes of at least 4 members (excludes halogenated alkanes) is 1. The Kier molecular flexibility index (Phi) is 4.83. The van der Waals surface area contributed by atoms with E-state index in [2.05, 4.69) is 13.8 Å². The van der Waals surface area contributed by atoms with Crippen molar-refractivity contribution in [2.75, 3.05) is 6.61 Å². The van der Waals surface area contributed by atoms with Crippen LogP contribution in [0.5, 0.6) is 11.5 Å². The number of hydrogen-bond donors (Lipinski definition) is 1. The van der Waals surface area contributed by atoms with Gasteiger partial charge in [0, 0.05) is 0 Å². The van der Waals surface area contributed by atoms with Crippen molar-refractivity contribution in [3.63, 3.8) is 0 Å². The first-order chi connectivity index (χ1) is 10.1. The van der Waals surface area contributed by atoms with Gasteiger partial charge in [-0.15, -0.1) is 0 Å². The summed E-state index contributed by atoms with van der Waals surface area (Å²) in [5.74, 6) is -0.662. The Hall–Kier alpha value is -2.04. The lowest BCUT2D eigenvalue weighted by Crippen LogP contribution is -2.16. The maximum Gasteiger partial charge on any atom is 0.340 e. The van der Waals surface area contributed by atoms with E-state index in [1.807, 2.05) is 0 Å². The topological polar surface area (TPSA) is 76.1 Å². The van der Waals surface area contributed by atoms with Crippen LogP contribution in [-0.2, 0) is 4.74 Å². The zero-order valence-corrected chi connectivity index (χ0v) is 12.3. The second kappa shape index (κ2) is 6.61. The molecule has 0 aliphatic carbocycles. The molecule has 0 radical (unpaired) electrons. The maximum atomic E-state index is 12.1. The smallest absolute Gasteiger partial charge is 0.340 e. The zero-order valence-electron chi connectivity index (χ0n) is 12.3. The number of esters is 1. The molecule has 5 nitrogen and oxygen atoms in total. The van der Waals surface area contributed by atoms with Crippen LogP contribution in [0.3, 0.4) is 0 Å². The highest BCUT2D eigenvalue weighted by molar-refractivity contribution is 6.06. The van der Waals surface area contributed by atoms with Crippen LogP contribution in [0.15, 0.2) is 12.1 Å². The van der Waals surface area contributed by atoms with E-state index in [4.69, 9.17) is 9.47 Å². The summed E-state index contributed by atoms with van der Waals surface area (Å²) in [6.07, 6.45) is 4.16. The summed E-state index contributed by atoms with van der Waals surface area (Å²) in [4.78, 5) is 23.3. The van der Waals surface area contributed by atoms with Crippen molar-refractivity contribution in [3.05, 3.63) is 23.3 Å². The lowest BCUT2D eigenvalue weighted by Gasteiger charge is -2.14. The summed E-state index contributed by atoms with van der Waals surface area (Å²) >= 11 is 0. The molecule has 1 unspecified atom stereocenters. The number of rotatable bonds is 8. The van der Waals surface area contributed by atoms with Gasteiger partial charge in [-0.1, -0.05) is 33.1 Å². The van der Waals surface area contributed by atoms with E-state index in [0.29, 0.717) is 18.3 Å².